The third kappa shape index (κ3) is 2.39. The first-order valence-corrected chi connectivity index (χ1v) is 7.91. The number of fused-ring (bicyclic) bond motifs is 1. The molecule has 0 amide bonds. The molecule has 1 aromatic heterocycles. The van der Waals surface area contributed by atoms with E-state index in [1.54, 1.807) is 0 Å². The summed E-state index contributed by atoms with van der Waals surface area (Å²) in [5, 5.41) is 3.63. The van der Waals surface area contributed by atoms with Gasteiger partial charge in [0.2, 0.25) is 0 Å². The number of aromatic nitrogens is 1. The van der Waals surface area contributed by atoms with Gasteiger partial charge in [-0.3, -0.25) is 5.32 Å². The molecule has 0 spiro atoms. The van der Waals surface area contributed by atoms with Crippen molar-refractivity contribution in [1.82, 2.24) is 10.3 Å². The second-order valence-electron chi connectivity index (χ2n) is 7.23. The van der Waals surface area contributed by atoms with Gasteiger partial charge in [-0.05, 0) is 39.8 Å². The van der Waals surface area contributed by atoms with Gasteiger partial charge in [0.05, 0.1) is 18.7 Å². The van der Waals surface area contributed by atoms with Crippen LogP contribution < -0.4 is 5.32 Å². The number of hydrogen-bond donors (Lipinski definition) is 2. The van der Waals surface area contributed by atoms with Gasteiger partial charge < -0.3 is 23.9 Å². The van der Waals surface area contributed by atoms with Crippen LogP contribution in [0.5, 0.6) is 0 Å². The minimum absolute atomic E-state index is 0.0361. The molecule has 3 saturated heterocycles. The van der Waals surface area contributed by atoms with E-state index in [1.165, 1.54) is 0 Å². The Morgan fingerprint density at radius 1 is 1.05 bits per heavy atom. The van der Waals surface area contributed by atoms with Gasteiger partial charge in [0.25, 0.3) is 0 Å². The van der Waals surface area contributed by atoms with E-state index in [4.69, 9.17) is 18.9 Å². The highest BCUT2D eigenvalue weighted by Crippen LogP contribution is 2.43. The first-order valence-electron chi connectivity index (χ1n) is 7.91. The average Bonchev–Trinajstić information content (AvgIpc) is 3.12. The largest absolute Gasteiger partial charge is 0.364 e. The van der Waals surface area contributed by atoms with Gasteiger partial charge in [0.1, 0.15) is 18.3 Å². The van der Waals surface area contributed by atoms with Crippen LogP contribution in [0.1, 0.15) is 39.4 Å². The van der Waals surface area contributed by atoms with Crippen molar-refractivity contribution < 1.29 is 18.9 Å². The molecule has 0 aliphatic carbocycles. The van der Waals surface area contributed by atoms with Crippen molar-refractivity contribution in [2.75, 3.05) is 6.61 Å². The van der Waals surface area contributed by atoms with Crippen molar-refractivity contribution in [3.8, 4) is 0 Å². The van der Waals surface area contributed by atoms with Gasteiger partial charge in [0, 0.05) is 11.9 Å². The Labute approximate surface area is 130 Å². The van der Waals surface area contributed by atoms with Crippen molar-refractivity contribution in [2.24, 2.45) is 0 Å². The maximum absolute atomic E-state index is 6.16. The zero-order chi connectivity index (χ0) is 15.5. The summed E-state index contributed by atoms with van der Waals surface area (Å²) < 4.78 is 24.1. The molecule has 122 valence electrons. The number of aromatic amines is 1. The topological polar surface area (TPSA) is 64.7 Å². The Kier molecular flexibility index (Phi) is 3.19. The zero-order valence-electron chi connectivity index (χ0n) is 13.5. The number of nitrogens with one attached hydrogen (secondary N) is 2. The molecule has 1 unspecified atom stereocenters. The van der Waals surface area contributed by atoms with Crippen molar-refractivity contribution in [1.29, 1.82) is 0 Å². The standard InChI is InChI=1S/C16H24N2O4/c1-15(2)19-8-10(20-15)12-14-13(21-16(3,4)22-14)11(18-12)9-6-5-7-17-9/h5-7,10-14,17-18H,8H2,1-4H3/t10?,11-,12-,13+,14-/m0/s1. The number of rotatable bonds is 2. The normalized spacial score (nSPS) is 42.6. The molecule has 5 atom stereocenters. The molecule has 3 aliphatic heterocycles. The Hall–Kier alpha value is -0.920. The number of H-pyrrole nitrogens is 1. The highest BCUT2D eigenvalue weighted by molar-refractivity contribution is 5.19. The fourth-order valence-electron chi connectivity index (χ4n) is 3.77. The molecule has 6 nitrogen and oxygen atoms in total. The summed E-state index contributed by atoms with van der Waals surface area (Å²) in [5.41, 5.74) is 1.11. The molecule has 4 rings (SSSR count). The molecular weight excluding hydrogens is 284 g/mol. The third-order valence-corrected chi connectivity index (χ3v) is 4.61. The smallest absolute Gasteiger partial charge is 0.163 e. The lowest BCUT2D eigenvalue weighted by molar-refractivity contribution is -0.168. The lowest BCUT2D eigenvalue weighted by Crippen LogP contribution is -2.46. The van der Waals surface area contributed by atoms with E-state index in [0.717, 1.165) is 5.69 Å². The highest BCUT2D eigenvalue weighted by Gasteiger charge is 2.58. The fraction of sp³-hybridized carbons (Fsp3) is 0.750. The second kappa shape index (κ2) is 4.79. The fourth-order valence-corrected chi connectivity index (χ4v) is 3.77. The summed E-state index contributed by atoms with van der Waals surface area (Å²) in [6, 6.07) is 4.18. The van der Waals surface area contributed by atoms with Crippen LogP contribution in [0.3, 0.4) is 0 Å². The Morgan fingerprint density at radius 3 is 2.45 bits per heavy atom. The Bertz CT molecular complexity index is 542. The van der Waals surface area contributed by atoms with Gasteiger partial charge in [-0.15, -0.1) is 0 Å². The molecule has 3 fully saturated rings. The van der Waals surface area contributed by atoms with E-state index in [2.05, 4.69) is 16.4 Å². The third-order valence-electron chi connectivity index (χ3n) is 4.61. The van der Waals surface area contributed by atoms with Gasteiger partial charge >= 0.3 is 0 Å². The first-order chi connectivity index (χ1) is 10.3. The molecule has 0 radical (unpaired) electrons. The molecule has 3 aliphatic rings. The summed E-state index contributed by atoms with van der Waals surface area (Å²) >= 11 is 0. The molecule has 0 bridgehead atoms. The summed E-state index contributed by atoms with van der Waals surface area (Å²) in [6.45, 7) is 8.37. The monoisotopic (exact) mass is 308 g/mol. The van der Waals surface area contributed by atoms with E-state index in [0.29, 0.717) is 6.61 Å². The SMILES string of the molecule is CC1(C)OCC([C@@H]2N[C@@H](c3ccc[nH]3)[C@H]3OC(C)(C)O[C@H]32)O1. The Balaban J connectivity index is 1.60. The molecule has 4 heterocycles. The zero-order valence-corrected chi connectivity index (χ0v) is 13.5. The molecule has 6 heteroatoms. The summed E-state index contributed by atoms with van der Waals surface area (Å²) in [7, 11) is 0. The van der Waals surface area contributed by atoms with Crippen LogP contribution in [-0.4, -0.2) is 47.5 Å². The van der Waals surface area contributed by atoms with E-state index >= 15 is 0 Å². The van der Waals surface area contributed by atoms with Crippen molar-refractivity contribution in [3.63, 3.8) is 0 Å². The average molecular weight is 308 g/mol. The maximum atomic E-state index is 6.16. The van der Waals surface area contributed by atoms with Gasteiger partial charge in [-0.1, -0.05) is 0 Å². The van der Waals surface area contributed by atoms with Crippen LogP contribution in [-0.2, 0) is 18.9 Å². The highest BCUT2D eigenvalue weighted by atomic mass is 16.8. The summed E-state index contributed by atoms with van der Waals surface area (Å²) in [5.74, 6) is -1.11. The van der Waals surface area contributed by atoms with Gasteiger partial charge in [-0.2, -0.15) is 0 Å². The predicted molar refractivity (Wildman–Crippen MR) is 79.2 cm³/mol. The van der Waals surface area contributed by atoms with Crippen LogP contribution in [0.25, 0.3) is 0 Å². The number of hydrogen-bond acceptors (Lipinski definition) is 5. The second-order valence-corrected chi connectivity index (χ2v) is 7.23. The lowest BCUT2D eigenvalue weighted by atomic mass is 10.0. The molecule has 0 saturated carbocycles. The maximum Gasteiger partial charge on any atom is 0.163 e. The predicted octanol–water partition coefficient (Wildman–Crippen LogP) is 1.70. The molecule has 1 aromatic rings. The van der Waals surface area contributed by atoms with Crippen LogP contribution in [0.2, 0.25) is 0 Å². The summed E-state index contributed by atoms with van der Waals surface area (Å²) in [6.07, 6.45) is 1.80. The molecule has 0 aromatic carbocycles. The quantitative estimate of drug-likeness (QED) is 0.870. The van der Waals surface area contributed by atoms with Crippen molar-refractivity contribution >= 4 is 0 Å². The number of ether oxygens (including phenoxy) is 4. The minimum atomic E-state index is -0.574. The van der Waals surface area contributed by atoms with E-state index in [9.17, 15) is 0 Å². The van der Waals surface area contributed by atoms with Crippen LogP contribution in [0, 0.1) is 0 Å². The van der Waals surface area contributed by atoms with E-state index in [-0.39, 0.29) is 30.4 Å². The van der Waals surface area contributed by atoms with Crippen LogP contribution >= 0.6 is 0 Å². The molecule has 22 heavy (non-hydrogen) atoms. The van der Waals surface area contributed by atoms with E-state index < -0.39 is 11.6 Å². The van der Waals surface area contributed by atoms with Gasteiger partial charge in [0.15, 0.2) is 11.6 Å². The Morgan fingerprint density at radius 2 is 1.82 bits per heavy atom. The minimum Gasteiger partial charge on any atom is -0.364 e. The molecule has 2 N–H and O–H groups in total. The van der Waals surface area contributed by atoms with Crippen LogP contribution in [0.4, 0.5) is 0 Å². The van der Waals surface area contributed by atoms with Crippen LogP contribution in [0.15, 0.2) is 18.3 Å². The molecular formula is C16H24N2O4. The van der Waals surface area contributed by atoms with Crippen molar-refractivity contribution in [3.05, 3.63) is 24.0 Å². The van der Waals surface area contributed by atoms with Crippen molar-refractivity contribution in [2.45, 2.75) is 69.7 Å². The first kappa shape index (κ1) is 14.7. The lowest BCUT2D eigenvalue weighted by Gasteiger charge is -2.27. The van der Waals surface area contributed by atoms with Gasteiger partial charge in [-0.25, -0.2) is 0 Å². The summed E-state index contributed by atoms with van der Waals surface area (Å²) in [4.78, 5) is 3.28. The van der Waals surface area contributed by atoms with E-state index in [1.807, 2.05) is 40.0 Å².